The van der Waals surface area contributed by atoms with Gasteiger partial charge in [0.1, 0.15) is 0 Å². The molecule has 100 valence electrons. The molecule has 0 spiro atoms. The highest BCUT2D eigenvalue weighted by Gasteiger charge is 2.24. The molecule has 1 aromatic rings. The van der Waals surface area contributed by atoms with Gasteiger partial charge in [-0.25, -0.2) is 0 Å². The van der Waals surface area contributed by atoms with Gasteiger partial charge in [-0.05, 0) is 31.5 Å². The lowest BCUT2D eigenvalue weighted by atomic mass is 10.0. The van der Waals surface area contributed by atoms with Crippen molar-refractivity contribution in [3.8, 4) is 0 Å². The molecular weight excluding hydrogens is 226 g/mol. The maximum absolute atomic E-state index is 10.1. The van der Waals surface area contributed by atoms with Gasteiger partial charge in [-0.1, -0.05) is 24.3 Å². The van der Waals surface area contributed by atoms with Crippen LogP contribution in [0.2, 0.25) is 0 Å². The van der Waals surface area contributed by atoms with Gasteiger partial charge in [0, 0.05) is 25.6 Å². The standard InChI is InChI=1S/C15H23NO2/c1-12-5-3-4-6-13(12)9-16(2)10-15(17)14-7-8-18-11-14/h3-6,14-15,17H,7-11H2,1-2H3. The minimum Gasteiger partial charge on any atom is -0.391 e. The van der Waals surface area contributed by atoms with E-state index in [0.29, 0.717) is 19.1 Å². The number of hydrogen-bond donors (Lipinski definition) is 1. The van der Waals surface area contributed by atoms with Crippen molar-refractivity contribution in [1.82, 2.24) is 4.90 Å². The van der Waals surface area contributed by atoms with Crippen LogP contribution < -0.4 is 0 Å². The second-order valence-electron chi connectivity index (χ2n) is 5.31. The molecule has 0 radical (unpaired) electrons. The van der Waals surface area contributed by atoms with Gasteiger partial charge < -0.3 is 9.84 Å². The largest absolute Gasteiger partial charge is 0.391 e. The zero-order chi connectivity index (χ0) is 13.0. The van der Waals surface area contributed by atoms with Gasteiger partial charge >= 0.3 is 0 Å². The van der Waals surface area contributed by atoms with Crippen LogP contribution in [0.1, 0.15) is 17.5 Å². The van der Waals surface area contributed by atoms with Crippen molar-refractivity contribution in [2.45, 2.75) is 26.0 Å². The van der Waals surface area contributed by atoms with Gasteiger partial charge in [-0.15, -0.1) is 0 Å². The Kier molecular flexibility index (Phi) is 4.75. The maximum atomic E-state index is 10.1. The van der Waals surface area contributed by atoms with E-state index >= 15 is 0 Å². The van der Waals surface area contributed by atoms with Crippen LogP contribution in [0.5, 0.6) is 0 Å². The minimum atomic E-state index is -0.276. The summed E-state index contributed by atoms with van der Waals surface area (Å²) in [6, 6.07) is 8.41. The third-order valence-electron chi connectivity index (χ3n) is 3.71. The van der Waals surface area contributed by atoms with E-state index in [1.54, 1.807) is 0 Å². The predicted octanol–water partition coefficient (Wildman–Crippen LogP) is 1.82. The van der Waals surface area contributed by atoms with Gasteiger partial charge in [0.2, 0.25) is 0 Å². The van der Waals surface area contributed by atoms with Crippen LogP contribution in [0.15, 0.2) is 24.3 Å². The van der Waals surface area contributed by atoms with Crippen molar-refractivity contribution < 1.29 is 9.84 Å². The summed E-state index contributed by atoms with van der Waals surface area (Å²) < 4.78 is 5.32. The summed E-state index contributed by atoms with van der Waals surface area (Å²) in [5, 5.41) is 10.1. The summed E-state index contributed by atoms with van der Waals surface area (Å²) in [4.78, 5) is 2.19. The molecular formula is C15H23NO2. The summed E-state index contributed by atoms with van der Waals surface area (Å²) in [6.07, 6.45) is 0.709. The van der Waals surface area contributed by atoms with Crippen molar-refractivity contribution in [3.05, 3.63) is 35.4 Å². The van der Waals surface area contributed by atoms with Gasteiger partial charge in [0.15, 0.2) is 0 Å². The number of rotatable bonds is 5. The van der Waals surface area contributed by atoms with E-state index in [2.05, 4.69) is 43.1 Å². The number of aliphatic hydroxyl groups excluding tert-OH is 1. The summed E-state index contributed by atoms with van der Waals surface area (Å²) >= 11 is 0. The molecule has 1 aliphatic rings. The van der Waals surface area contributed by atoms with Crippen molar-refractivity contribution >= 4 is 0 Å². The third-order valence-corrected chi connectivity index (χ3v) is 3.71. The molecule has 1 aromatic carbocycles. The second kappa shape index (κ2) is 6.32. The number of ether oxygens (including phenoxy) is 1. The quantitative estimate of drug-likeness (QED) is 0.864. The molecule has 0 amide bonds. The highest BCUT2D eigenvalue weighted by Crippen LogP contribution is 2.18. The molecule has 1 aliphatic heterocycles. The number of benzene rings is 1. The van der Waals surface area contributed by atoms with Gasteiger partial charge in [-0.2, -0.15) is 0 Å². The Labute approximate surface area is 109 Å². The molecule has 3 heteroatoms. The number of nitrogens with zero attached hydrogens (tertiary/aromatic N) is 1. The first kappa shape index (κ1) is 13.5. The van der Waals surface area contributed by atoms with E-state index in [0.717, 1.165) is 19.6 Å². The van der Waals surface area contributed by atoms with E-state index in [-0.39, 0.29) is 6.10 Å². The number of aliphatic hydroxyl groups is 1. The second-order valence-corrected chi connectivity index (χ2v) is 5.31. The van der Waals surface area contributed by atoms with Crippen molar-refractivity contribution in [3.63, 3.8) is 0 Å². The maximum Gasteiger partial charge on any atom is 0.0718 e. The zero-order valence-electron chi connectivity index (χ0n) is 11.3. The molecule has 0 bridgehead atoms. The Morgan fingerprint density at radius 3 is 2.89 bits per heavy atom. The summed E-state index contributed by atoms with van der Waals surface area (Å²) in [6.45, 7) is 5.23. The van der Waals surface area contributed by atoms with Crippen LogP contribution in [0.25, 0.3) is 0 Å². The first-order valence-electron chi connectivity index (χ1n) is 6.65. The van der Waals surface area contributed by atoms with E-state index in [4.69, 9.17) is 4.74 Å². The lowest BCUT2D eigenvalue weighted by Crippen LogP contribution is -2.34. The van der Waals surface area contributed by atoms with Gasteiger partial charge in [0.25, 0.3) is 0 Å². The van der Waals surface area contributed by atoms with E-state index in [1.807, 2.05) is 0 Å². The highest BCUT2D eigenvalue weighted by molar-refractivity contribution is 5.25. The van der Waals surface area contributed by atoms with E-state index in [1.165, 1.54) is 11.1 Å². The molecule has 2 atom stereocenters. The lowest BCUT2D eigenvalue weighted by molar-refractivity contribution is 0.0614. The molecule has 1 N–H and O–H groups in total. The lowest BCUT2D eigenvalue weighted by Gasteiger charge is -2.24. The van der Waals surface area contributed by atoms with Crippen molar-refractivity contribution in [1.29, 1.82) is 0 Å². The van der Waals surface area contributed by atoms with Crippen LogP contribution >= 0.6 is 0 Å². The van der Waals surface area contributed by atoms with Crippen LogP contribution in [-0.4, -0.2) is 42.9 Å². The summed E-state index contributed by atoms with van der Waals surface area (Å²) in [7, 11) is 2.06. The molecule has 0 aromatic heterocycles. The predicted molar refractivity (Wildman–Crippen MR) is 72.4 cm³/mol. The summed E-state index contributed by atoms with van der Waals surface area (Å²) in [5.41, 5.74) is 2.64. The molecule has 18 heavy (non-hydrogen) atoms. The fourth-order valence-corrected chi connectivity index (χ4v) is 2.47. The van der Waals surface area contributed by atoms with Crippen LogP contribution in [-0.2, 0) is 11.3 Å². The SMILES string of the molecule is Cc1ccccc1CN(C)CC(O)C1CCOC1. The molecule has 2 unspecified atom stereocenters. The van der Waals surface area contributed by atoms with E-state index in [9.17, 15) is 5.11 Å². The molecule has 1 saturated heterocycles. The molecule has 1 fully saturated rings. The fourth-order valence-electron chi connectivity index (χ4n) is 2.47. The Hall–Kier alpha value is -0.900. The molecule has 1 heterocycles. The highest BCUT2D eigenvalue weighted by atomic mass is 16.5. The Morgan fingerprint density at radius 2 is 2.22 bits per heavy atom. The Bertz CT molecular complexity index is 375. The average molecular weight is 249 g/mol. The zero-order valence-corrected chi connectivity index (χ0v) is 11.3. The van der Waals surface area contributed by atoms with Gasteiger partial charge in [0.05, 0.1) is 12.7 Å². The number of hydrogen-bond acceptors (Lipinski definition) is 3. The van der Waals surface area contributed by atoms with Crippen LogP contribution in [0, 0.1) is 12.8 Å². The Balaban J connectivity index is 1.84. The van der Waals surface area contributed by atoms with Crippen molar-refractivity contribution in [2.75, 3.05) is 26.8 Å². The van der Waals surface area contributed by atoms with Crippen molar-refractivity contribution in [2.24, 2.45) is 5.92 Å². The molecule has 0 aliphatic carbocycles. The fraction of sp³-hybridized carbons (Fsp3) is 0.600. The number of likely N-dealkylation sites (N-methyl/N-ethyl adjacent to an activating group) is 1. The third kappa shape index (κ3) is 3.55. The van der Waals surface area contributed by atoms with Crippen LogP contribution in [0.3, 0.4) is 0 Å². The first-order chi connectivity index (χ1) is 8.66. The number of aryl methyl sites for hydroxylation is 1. The van der Waals surface area contributed by atoms with Crippen LogP contribution in [0.4, 0.5) is 0 Å². The monoisotopic (exact) mass is 249 g/mol. The molecule has 2 rings (SSSR count). The first-order valence-corrected chi connectivity index (χ1v) is 6.65. The Morgan fingerprint density at radius 1 is 1.44 bits per heavy atom. The average Bonchev–Trinajstić information content (AvgIpc) is 2.85. The topological polar surface area (TPSA) is 32.7 Å². The summed E-state index contributed by atoms with van der Waals surface area (Å²) in [5.74, 6) is 0.310. The van der Waals surface area contributed by atoms with E-state index < -0.39 is 0 Å². The molecule has 3 nitrogen and oxygen atoms in total. The minimum absolute atomic E-state index is 0.276. The normalized spacial score (nSPS) is 21.4. The van der Waals surface area contributed by atoms with Gasteiger partial charge in [-0.3, -0.25) is 4.90 Å². The molecule has 0 saturated carbocycles. The smallest absolute Gasteiger partial charge is 0.0718 e.